The summed E-state index contributed by atoms with van der Waals surface area (Å²) in [7, 11) is 1.39. The Hall–Kier alpha value is -0.830. The molecule has 0 saturated heterocycles. The first-order valence-electron chi connectivity index (χ1n) is 3.65. The smallest absolute Gasteiger partial charge is 0.310 e. The molecule has 0 unspecified atom stereocenters. The predicted octanol–water partition coefficient (Wildman–Crippen LogP) is 0.453. The van der Waals surface area contributed by atoms with Gasteiger partial charge >= 0.3 is 5.97 Å². The summed E-state index contributed by atoms with van der Waals surface area (Å²) in [5.74, 6) is -0.372. The summed E-state index contributed by atoms with van der Waals surface area (Å²) in [6.07, 6.45) is 1.44. The van der Waals surface area contributed by atoms with Gasteiger partial charge in [-0.05, 0) is 12.8 Å². The fourth-order valence-corrected chi connectivity index (χ4v) is 1.43. The van der Waals surface area contributed by atoms with Crippen LogP contribution in [-0.2, 0) is 9.53 Å². The molecule has 0 aliphatic heterocycles. The number of nitrogens with two attached hydrogens (primary N) is 1. The molecule has 0 aromatic carbocycles. The minimum Gasteiger partial charge on any atom is -0.469 e. The Morgan fingerprint density at radius 1 is 1.73 bits per heavy atom. The molecule has 0 heterocycles. The molecule has 1 rings (SSSR count). The van der Waals surface area contributed by atoms with Crippen LogP contribution in [0.4, 0.5) is 0 Å². The summed E-state index contributed by atoms with van der Waals surface area (Å²) >= 11 is 0. The van der Waals surface area contributed by atoms with Gasteiger partial charge in [-0.1, -0.05) is 12.2 Å². The van der Waals surface area contributed by atoms with E-state index >= 15 is 0 Å². The van der Waals surface area contributed by atoms with Crippen molar-refractivity contribution in [3.8, 4) is 0 Å². The van der Waals surface area contributed by atoms with E-state index in [2.05, 4.69) is 11.3 Å². The van der Waals surface area contributed by atoms with E-state index in [1.807, 2.05) is 0 Å². The predicted molar refractivity (Wildman–Crippen MR) is 41.9 cm³/mol. The second-order valence-corrected chi connectivity index (χ2v) is 2.95. The average molecular weight is 155 g/mol. The molecule has 0 aromatic heterocycles. The third kappa shape index (κ3) is 1.60. The standard InChI is InChI=1S/C8H13NO2/c1-5-3-6(7(9)4-5)8(10)11-2/h6-7H,1,3-4,9H2,2H3/t6-,7-/m0/s1. The Labute approximate surface area is 66.2 Å². The second-order valence-electron chi connectivity index (χ2n) is 2.95. The lowest BCUT2D eigenvalue weighted by Gasteiger charge is -2.10. The molecule has 0 spiro atoms. The minimum atomic E-state index is -0.212. The number of esters is 1. The van der Waals surface area contributed by atoms with Crippen molar-refractivity contribution < 1.29 is 9.53 Å². The van der Waals surface area contributed by atoms with Gasteiger partial charge in [0.25, 0.3) is 0 Å². The van der Waals surface area contributed by atoms with Gasteiger partial charge in [0, 0.05) is 6.04 Å². The van der Waals surface area contributed by atoms with Gasteiger partial charge in [0.15, 0.2) is 0 Å². The molecule has 0 radical (unpaired) electrons. The lowest BCUT2D eigenvalue weighted by molar-refractivity contribution is -0.145. The van der Waals surface area contributed by atoms with E-state index in [1.165, 1.54) is 7.11 Å². The van der Waals surface area contributed by atoms with Crippen molar-refractivity contribution in [1.29, 1.82) is 0 Å². The van der Waals surface area contributed by atoms with Gasteiger partial charge < -0.3 is 10.5 Å². The third-order valence-corrected chi connectivity index (χ3v) is 2.05. The second kappa shape index (κ2) is 3.05. The van der Waals surface area contributed by atoms with Crippen molar-refractivity contribution in [2.75, 3.05) is 7.11 Å². The van der Waals surface area contributed by atoms with Gasteiger partial charge in [-0.15, -0.1) is 0 Å². The number of carbonyl (C=O) groups is 1. The fraction of sp³-hybridized carbons (Fsp3) is 0.625. The lowest BCUT2D eigenvalue weighted by Crippen LogP contribution is -2.31. The molecule has 1 fully saturated rings. The quantitative estimate of drug-likeness (QED) is 0.442. The molecule has 62 valence electrons. The molecule has 1 aliphatic rings. The van der Waals surface area contributed by atoms with Crippen LogP contribution in [0.1, 0.15) is 12.8 Å². The van der Waals surface area contributed by atoms with Crippen LogP contribution in [0.2, 0.25) is 0 Å². The minimum absolute atomic E-state index is 0.0880. The summed E-state index contributed by atoms with van der Waals surface area (Å²) < 4.78 is 4.59. The summed E-state index contributed by atoms with van der Waals surface area (Å²) in [6, 6.07) is -0.0880. The van der Waals surface area contributed by atoms with Crippen molar-refractivity contribution in [3.63, 3.8) is 0 Å². The first kappa shape index (κ1) is 8.27. The van der Waals surface area contributed by atoms with E-state index in [4.69, 9.17) is 5.73 Å². The van der Waals surface area contributed by atoms with Crippen molar-refractivity contribution in [3.05, 3.63) is 12.2 Å². The molecule has 3 heteroatoms. The number of ether oxygens (including phenoxy) is 1. The number of rotatable bonds is 1. The molecule has 0 amide bonds. The highest BCUT2D eigenvalue weighted by molar-refractivity contribution is 5.74. The fourth-order valence-electron chi connectivity index (χ4n) is 1.43. The van der Waals surface area contributed by atoms with Crippen molar-refractivity contribution in [2.45, 2.75) is 18.9 Å². The van der Waals surface area contributed by atoms with Crippen LogP contribution in [0.15, 0.2) is 12.2 Å². The molecule has 11 heavy (non-hydrogen) atoms. The van der Waals surface area contributed by atoms with Crippen LogP contribution >= 0.6 is 0 Å². The van der Waals surface area contributed by atoms with Crippen LogP contribution in [-0.4, -0.2) is 19.1 Å². The Morgan fingerprint density at radius 3 is 2.73 bits per heavy atom. The zero-order valence-corrected chi connectivity index (χ0v) is 6.67. The monoisotopic (exact) mass is 155 g/mol. The summed E-state index contributed by atoms with van der Waals surface area (Å²) in [4.78, 5) is 11.0. The molecule has 1 aliphatic carbocycles. The van der Waals surface area contributed by atoms with Gasteiger partial charge in [0.2, 0.25) is 0 Å². The Kier molecular flexibility index (Phi) is 2.29. The Morgan fingerprint density at radius 2 is 2.36 bits per heavy atom. The lowest BCUT2D eigenvalue weighted by atomic mass is 10.1. The maximum Gasteiger partial charge on any atom is 0.310 e. The van der Waals surface area contributed by atoms with Crippen LogP contribution in [0.3, 0.4) is 0 Å². The third-order valence-electron chi connectivity index (χ3n) is 2.05. The summed E-state index contributed by atoms with van der Waals surface area (Å²) in [5.41, 5.74) is 6.73. The maximum absolute atomic E-state index is 11.0. The summed E-state index contributed by atoms with van der Waals surface area (Å²) in [5, 5.41) is 0. The number of hydrogen-bond acceptors (Lipinski definition) is 3. The van der Waals surface area contributed by atoms with E-state index in [9.17, 15) is 4.79 Å². The highest BCUT2D eigenvalue weighted by Gasteiger charge is 2.32. The van der Waals surface area contributed by atoms with Gasteiger partial charge in [0.05, 0.1) is 13.0 Å². The number of carbonyl (C=O) groups excluding carboxylic acids is 1. The molecular formula is C8H13NO2. The van der Waals surface area contributed by atoms with Gasteiger partial charge in [0.1, 0.15) is 0 Å². The highest BCUT2D eigenvalue weighted by Crippen LogP contribution is 2.28. The topological polar surface area (TPSA) is 52.3 Å². The summed E-state index contributed by atoms with van der Waals surface area (Å²) in [6.45, 7) is 3.78. The van der Waals surface area contributed by atoms with Crippen molar-refractivity contribution in [2.24, 2.45) is 11.7 Å². The highest BCUT2D eigenvalue weighted by atomic mass is 16.5. The van der Waals surface area contributed by atoms with E-state index in [1.54, 1.807) is 0 Å². The van der Waals surface area contributed by atoms with Crippen LogP contribution < -0.4 is 5.73 Å². The molecule has 2 atom stereocenters. The van der Waals surface area contributed by atoms with E-state index < -0.39 is 0 Å². The Balaban J connectivity index is 2.59. The normalized spacial score (nSPS) is 30.5. The average Bonchev–Trinajstić information content (AvgIpc) is 2.28. The van der Waals surface area contributed by atoms with Gasteiger partial charge in [-0.3, -0.25) is 4.79 Å². The molecule has 0 bridgehead atoms. The number of hydrogen-bond donors (Lipinski definition) is 1. The van der Waals surface area contributed by atoms with Crippen LogP contribution in [0.5, 0.6) is 0 Å². The molecule has 3 nitrogen and oxygen atoms in total. The molecule has 0 aromatic rings. The van der Waals surface area contributed by atoms with E-state index in [-0.39, 0.29) is 17.9 Å². The largest absolute Gasteiger partial charge is 0.469 e. The van der Waals surface area contributed by atoms with E-state index in [0.29, 0.717) is 6.42 Å². The molecular weight excluding hydrogens is 142 g/mol. The zero-order valence-electron chi connectivity index (χ0n) is 6.67. The van der Waals surface area contributed by atoms with Crippen LogP contribution in [0, 0.1) is 5.92 Å². The Bertz CT molecular complexity index is 189. The molecule has 2 N–H and O–H groups in total. The van der Waals surface area contributed by atoms with Crippen LogP contribution in [0.25, 0.3) is 0 Å². The van der Waals surface area contributed by atoms with Crippen molar-refractivity contribution in [1.82, 2.24) is 0 Å². The van der Waals surface area contributed by atoms with Gasteiger partial charge in [-0.2, -0.15) is 0 Å². The maximum atomic E-state index is 11.0. The number of methoxy groups -OCH3 is 1. The van der Waals surface area contributed by atoms with E-state index in [0.717, 1.165) is 12.0 Å². The SMILES string of the molecule is C=C1C[C@H](C(=O)OC)[C@@H](N)C1. The first-order chi connectivity index (χ1) is 5.15. The first-order valence-corrected chi connectivity index (χ1v) is 3.65. The van der Waals surface area contributed by atoms with Gasteiger partial charge in [-0.25, -0.2) is 0 Å². The molecule has 1 saturated carbocycles. The van der Waals surface area contributed by atoms with Crippen molar-refractivity contribution >= 4 is 5.97 Å². The zero-order chi connectivity index (χ0) is 8.43.